The SMILES string of the molecule is COC(=O)c1ccc(/C=N\NC(=O)COc2ccccc2[N+](=O)[O-])cc1. The topological polar surface area (TPSA) is 120 Å². The minimum Gasteiger partial charge on any atom is -0.477 e. The van der Waals surface area contributed by atoms with Gasteiger partial charge in [0.25, 0.3) is 5.91 Å². The van der Waals surface area contributed by atoms with Gasteiger partial charge in [-0.1, -0.05) is 24.3 Å². The van der Waals surface area contributed by atoms with Gasteiger partial charge in [-0.05, 0) is 23.8 Å². The summed E-state index contributed by atoms with van der Waals surface area (Å²) in [5.41, 5.74) is 3.06. The van der Waals surface area contributed by atoms with Crippen molar-refractivity contribution in [2.24, 2.45) is 5.10 Å². The molecular formula is C17H15N3O6. The lowest BCUT2D eigenvalue weighted by molar-refractivity contribution is -0.385. The predicted molar refractivity (Wildman–Crippen MR) is 92.1 cm³/mol. The van der Waals surface area contributed by atoms with Crippen LogP contribution >= 0.6 is 0 Å². The number of para-hydroxylation sites is 2. The normalized spacial score (nSPS) is 10.3. The van der Waals surface area contributed by atoms with Crippen molar-refractivity contribution in [2.45, 2.75) is 0 Å². The zero-order chi connectivity index (χ0) is 18.9. The van der Waals surface area contributed by atoms with Crippen LogP contribution in [0, 0.1) is 10.1 Å². The van der Waals surface area contributed by atoms with Crippen LogP contribution in [0.25, 0.3) is 0 Å². The summed E-state index contributed by atoms with van der Waals surface area (Å²) in [6.07, 6.45) is 1.38. The maximum absolute atomic E-state index is 11.7. The van der Waals surface area contributed by atoms with Crippen molar-refractivity contribution in [1.82, 2.24) is 5.43 Å². The fourth-order valence-corrected chi connectivity index (χ4v) is 1.91. The van der Waals surface area contributed by atoms with Crippen LogP contribution in [-0.4, -0.2) is 36.7 Å². The number of carbonyl (C=O) groups excluding carboxylic acids is 2. The van der Waals surface area contributed by atoms with E-state index in [0.717, 1.165) is 0 Å². The molecule has 9 heteroatoms. The van der Waals surface area contributed by atoms with Gasteiger partial charge >= 0.3 is 11.7 Å². The number of methoxy groups -OCH3 is 1. The molecule has 0 radical (unpaired) electrons. The number of amides is 1. The zero-order valence-electron chi connectivity index (χ0n) is 13.7. The lowest BCUT2D eigenvalue weighted by Crippen LogP contribution is -2.24. The second-order valence-corrected chi connectivity index (χ2v) is 4.92. The molecule has 0 aromatic heterocycles. The van der Waals surface area contributed by atoms with Gasteiger partial charge in [-0.3, -0.25) is 14.9 Å². The van der Waals surface area contributed by atoms with Crippen molar-refractivity contribution < 1.29 is 24.0 Å². The van der Waals surface area contributed by atoms with E-state index < -0.39 is 23.4 Å². The van der Waals surface area contributed by atoms with Gasteiger partial charge in [0.2, 0.25) is 0 Å². The Labute approximate surface area is 148 Å². The van der Waals surface area contributed by atoms with Crippen LogP contribution in [0.4, 0.5) is 5.69 Å². The summed E-state index contributed by atoms with van der Waals surface area (Å²) in [7, 11) is 1.29. The van der Waals surface area contributed by atoms with Crippen LogP contribution in [0.15, 0.2) is 53.6 Å². The Balaban J connectivity index is 1.86. The Kier molecular flexibility index (Phi) is 6.38. The molecule has 1 amide bonds. The van der Waals surface area contributed by atoms with Gasteiger partial charge in [0.1, 0.15) is 0 Å². The van der Waals surface area contributed by atoms with Crippen LogP contribution in [0.5, 0.6) is 5.75 Å². The minimum atomic E-state index is -0.594. The lowest BCUT2D eigenvalue weighted by atomic mass is 10.1. The monoisotopic (exact) mass is 357 g/mol. The van der Waals surface area contributed by atoms with Crippen molar-refractivity contribution in [3.63, 3.8) is 0 Å². The van der Waals surface area contributed by atoms with Gasteiger partial charge in [-0.25, -0.2) is 10.2 Å². The van der Waals surface area contributed by atoms with Gasteiger partial charge in [-0.15, -0.1) is 0 Å². The number of esters is 1. The highest BCUT2D eigenvalue weighted by atomic mass is 16.6. The van der Waals surface area contributed by atoms with Gasteiger partial charge in [0, 0.05) is 6.07 Å². The number of rotatable bonds is 7. The van der Waals surface area contributed by atoms with Crippen LogP contribution in [-0.2, 0) is 9.53 Å². The van der Waals surface area contributed by atoms with Gasteiger partial charge < -0.3 is 9.47 Å². The first kappa shape index (κ1) is 18.6. The summed E-state index contributed by atoms with van der Waals surface area (Å²) in [5, 5.41) is 14.6. The van der Waals surface area contributed by atoms with Crippen molar-refractivity contribution in [2.75, 3.05) is 13.7 Å². The van der Waals surface area contributed by atoms with E-state index in [1.54, 1.807) is 30.3 Å². The highest BCUT2D eigenvalue weighted by Crippen LogP contribution is 2.25. The number of hydrogen-bond donors (Lipinski definition) is 1. The van der Waals surface area contributed by atoms with E-state index in [2.05, 4.69) is 15.3 Å². The average Bonchev–Trinajstić information content (AvgIpc) is 2.66. The number of nitro benzene ring substituents is 1. The number of hydrazone groups is 1. The number of nitrogens with zero attached hydrogens (tertiary/aromatic N) is 2. The molecule has 0 atom stereocenters. The molecule has 0 aliphatic rings. The first-order chi connectivity index (χ1) is 12.5. The Morgan fingerprint density at radius 2 is 1.88 bits per heavy atom. The van der Waals surface area contributed by atoms with E-state index in [4.69, 9.17) is 4.74 Å². The van der Waals surface area contributed by atoms with Crippen LogP contribution in [0.3, 0.4) is 0 Å². The summed E-state index contributed by atoms with van der Waals surface area (Å²) in [6.45, 7) is -0.427. The Morgan fingerprint density at radius 1 is 1.19 bits per heavy atom. The smallest absolute Gasteiger partial charge is 0.337 e. The van der Waals surface area contributed by atoms with E-state index in [1.807, 2.05) is 0 Å². The number of nitro groups is 1. The standard InChI is InChI=1S/C17H15N3O6/c1-25-17(22)13-8-6-12(7-9-13)10-18-19-16(21)11-26-15-5-3-2-4-14(15)20(23)24/h2-10H,11H2,1H3,(H,19,21)/b18-10-. The van der Waals surface area contributed by atoms with Crippen LogP contribution in [0.1, 0.15) is 15.9 Å². The third-order valence-corrected chi connectivity index (χ3v) is 3.16. The zero-order valence-corrected chi connectivity index (χ0v) is 13.7. The molecule has 0 spiro atoms. The van der Waals surface area contributed by atoms with E-state index in [1.165, 1.54) is 31.5 Å². The Bertz CT molecular complexity index is 833. The number of ether oxygens (including phenoxy) is 2. The molecule has 0 aliphatic heterocycles. The summed E-state index contributed by atoms with van der Waals surface area (Å²) in [6, 6.07) is 12.1. The number of hydrogen-bond acceptors (Lipinski definition) is 7. The van der Waals surface area contributed by atoms with Crippen LogP contribution in [0.2, 0.25) is 0 Å². The molecule has 0 bridgehead atoms. The third-order valence-electron chi connectivity index (χ3n) is 3.16. The second-order valence-electron chi connectivity index (χ2n) is 4.92. The second kappa shape index (κ2) is 8.92. The molecule has 0 fully saturated rings. The molecule has 1 N–H and O–H groups in total. The predicted octanol–water partition coefficient (Wildman–Crippen LogP) is 1.91. The molecule has 2 aromatic carbocycles. The first-order valence-electron chi connectivity index (χ1n) is 7.37. The summed E-state index contributed by atoms with van der Waals surface area (Å²) in [4.78, 5) is 33.3. The molecule has 0 aliphatic carbocycles. The van der Waals surface area contributed by atoms with E-state index in [9.17, 15) is 19.7 Å². The van der Waals surface area contributed by atoms with Crippen molar-refractivity contribution in [3.8, 4) is 5.75 Å². The quantitative estimate of drug-likeness (QED) is 0.350. The number of nitrogens with one attached hydrogen (secondary N) is 1. The highest BCUT2D eigenvalue weighted by Gasteiger charge is 2.14. The van der Waals surface area contributed by atoms with Gasteiger partial charge in [-0.2, -0.15) is 5.10 Å². The Hall–Kier alpha value is -3.75. The molecule has 134 valence electrons. The van der Waals surface area contributed by atoms with Crippen LogP contribution < -0.4 is 10.2 Å². The van der Waals surface area contributed by atoms with E-state index in [0.29, 0.717) is 11.1 Å². The molecule has 0 saturated carbocycles. The van der Waals surface area contributed by atoms with Gasteiger partial charge in [0.05, 0.1) is 23.8 Å². The fourth-order valence-electron chi connectivity index (χ4n) is 1.91. The number of carbonyl (C=O) groups is 2. The molecular weight excluding hydrogens is 342 g/mol. The molecule has 0 saturated heterocycles. The first-order valence-corrected chi connectivity index (χ1v) is 7.37. The molecule has 0 heterocycles. The summed E-state index contributed by atoms with van der Waals surface area (Å²) in [5.74, 6) is -1.03. The number of benzene rings is 2. The molecule has 0 unspecified atom stereocenters. The molecule has 2 rings (SSSR count). The highest BCUT2D eigenvalue weighted by molar-refractivity contribution is 5.90. The summed E-state index contributed by atoms with van der Waals surface area (Å²) >= 11 is 0. The van der Waals surface area contributed by atoms with Crippen molar-refractivity contribution in [3.05, 3.63) is 69.8 Å². The third kappa shape index (κ3) is 5.13. The largest absolute Gasteiger partial charge is 0.477 e. The molecule has 2 aromatic rings. The Morgan fingerprint density at radius 3 is 2.54 bits per heavy atom. The lowest BCUT2D eigenvalue weighted by Gasteiger charge is -2.05. The average molecular weight is 357 g/mol. The van der Waals surface area contributed by atoms with Gasteiger partial charge in [0.15, 0.2) is 12.4 Å². The minimum absolute atomic E-state index is 0.00460. The van der Waals surface area contributed by atoms with Crippen molar-refractivity contribution >= 4 is 23.8 Å². The fraction of sp³-hybridized carbons (Fsp3) is 0.118. The van der Waals surface area contributed by atoms with E-state index in [-0.39, 0.29) is 11.4 Å². The molecule has 9 nitrogen and oxygen atoms in total. The maximum atomic E-state index is 11.7. The van der Waals surface area contributed by atoms with E-state index >= 15 is 0 Å². The maximum Gasteiger partial charge on any atom is 0.337 e. The molecule has 26 heavy (non-hydrogen) atoms. The van der Waals surface area contributed by atoms with Crippen molar-refractivity contribution in [1.29, 1.82) is 0 Å². The summed E-state index contributed by atoms with van der Waals surface area (Å²) < 4.78 is 9.73.